The number of nitrogens with one attached hydrogen (secondary N) is 1. The molecule has 6 rings (SSSR count). The van der Waals surface area contributed by atoms with Gasteiger partial charge in [0.1, 0.15) is 20.0 Å². The Morgan fingerprint density at radius 3 is 1.74 bits per heavy atom. The predicted octanol–water partition coefficient (Wildman–Crippen LogP) is 8.45. The zero-order valence-electron chi connectivity index (χ0n) is 24.0. The third-order valence-electron chi connectivity index (χ3n) is 6.26. The zero-order chi connectivity index (χ0) is 32.7. The molecule has 46 heavy (non-hydrogen) atoms. The molecule has 2 aromatic carbocycles. The van der Waals surface area contributed by atoms with Crippen molar-refractivity contribution in [3.63, 3.8) is 0 Å². The van der Waals surface area contributed by atoms with E-state index in [-0.39, 0.29) is 41.8 Å². The average molecular weight is 815 g/mol. The first-order valence-corrected chi connectivity index (χ1v) is 17.1. The Hall–Kier alpha value is -3.17. The number of rotatable bonds is 7. The second-order valence-corrected chi connectivity index (χ2v) is 14.0. The van der Waals surface area contributed by atoms with E-state index in [0.29, 0.717) is 20.0 Å². The van der Waals surface area contributed by atoms with Crippen molar-refractivity contribution in [2.75, 3.05) is 25.3 Å². The Labute approximate surface area is 296 Å². The number of esters is 2. The lowest BCUT2D eigenvalue weighted by atomic mass is 10.2. The van der Waals surface area contributed by atoms with Gasteiger partial charge in [0.25, 0.3) is 0 Å². The van der Waals surface area contributed by atoms with E-state index in [1.165, 1.54) is 36.9 Å². The quantitative estimate of drug-likeness (QED) is 0.138. The Balaban J connectivity index is 0.000000212. The maximum absolute atomic E-state index is 11.9. The standard InChI is InChI=1S/C15H13BrN2O3S.C11H9BrN2O2S.C4H5ClO.CH4/c1-21-15(20)11-14(18-12(19)8-5-6-8)22-13(17-11)9-3-2-4-10(16)7-9;1-16-11(15)8-9(13)17-10(14-8)6-3-2-4-7(12)5-6;5-4(6)3-1-2-3;/h2-4,7-8H,5-6H2,1H3,(H,18,19);2-5H,13H2,1H3;3H,1-2H2;1H4. The van der Waals surface area contributed by atoms with Gasteiger partial charge in [0, 0.05) is 31.9 Å². The average Bonchev–Trinajstić information content (AvgIpc) is 3.96. The molecule has 2 aliphatic carbocycles. The van der Waals surface area contributed by atoms with Gasteiger partial charge >= 0.3 is 11.9 Å². The van der Waals surface area contributed by atoms with Crippen molar-refractivity contribution in [1.82, 2.24) is 9.97 Å². The molecule has 3 N–H and O–H groups in total. The van der Waals surface area contributed by atoms with Gasteiger partial charge in [-0.05, 0) is 61.5 Å². The summed E-state index contributed by atoms with van der Waals surface area (Å²) < 4.78 is 11.2. The topological polar surface area (TPSA) is 151 Å². The molecule has 2 aliphatic rings. The number of benzene rings is 2. The molecular weight excluding hydrogens is 784 g/mol. The van der Waals surface area contributed by atoms with Crippen LogP contribution < -0.4 is 11.1 Å². The van der Waals surface area contributed by atoms with Gasteiger partial charge in [0.2, 0.25) is 11.1 Å². The molecule has 0 radical (unpaired) electrons. The highest BCUT2D eigenvalue weighted by Gasteiger charge is 2.32. The first-order valence-electron chi connectivity index (χ1n) is 13.5. The van der Waals surface area contributed by atoms with Crippen LogP contribution >= 0.6 is 66.1 Å². The van der Waals surface area contributed by atoms with Gasteiger partial charge in [-0.3, -0.25) is 9.59 Å². The van der Waals surface area contributed by atoms with E-state index in [1.54, 1.807) is 0 Å². The van der Waals surface area contributed by atoms with E-state index in [2.05, 4.69) is 51.9 Å². The van der Waals surface area contributed by atoms with E-state index in [0.717, 1.165) is 45.8 Å². The smallest absolute Gasteiger partial charge is 0.359 e. The van der Waals surface area contributed by atoms with E-state index in [4.69, 9.17) is 22.1 Å². The molecule has 0 bridgehead atoms. The molecule has 2 aromatic heterocycles. The number of aromatic nitrogens is 2. The molecule has 0 saturated heterocycles. The van der Waals surface area contributed by atoms with Gasteiger partial charge in [-0.25, -0.2) is 19.6 Å². The van der Waals surface area contributed by atoms with Gasteiger partial charge in [-0.2, -0.15) is 0 Å². The lowest BCUT2D eigenvalue weighted by Gasteiger charge is -2.02. The number of hydrogen-bond donors (Lipinski definition) is 2. The highest BCUT2D eigenvalue weighted by Crippen LogP contribution is 2.36. The van der Waals surface area contributed by atoms with E-state index in [1.807, 2.05) is 48.5 Å². The molecule has 0 aliphatic heterocycles. The summed E-state index contributed by atoms with van der Waals surface area (Å²) in [5, 5.41) is 4.81. The van der Waals surface area contributed by atoms with Crippen LogP contribution in [0.15, 0.2) is 57.5 Å². The Morgan fingerprint density at radius 1 is 0.826 bits per heavy atom. The minimum atomic E-state index is -0.552. The second kappa shape index (κ2) is 17.1. The number of nitrogens with zero attached hydrogens (tertiary/aromatic N) is 2. The molecule has 2 saturated carbocycles. The van der Waals surface area contributed by atoms with E-state index < -0.39 is 11.9 Å². The zero-order valence-corrected chi connectivity index (χ0v) is 29.5. The van der Waals surface area contributed by atoms with Crippen LogP contribution in [0.4, 0.5) is 10.0 Å². The minimum absolute atomic E-state index is 0. The third kappa shape index (κ3) is 10.4. The van der Waals surface area contributed by atoms with Gasteiger partial charge in [-0.1, -0.05) is 86.2 Å². The Kier molecular flexibility index (Phi) is 13.9. The molecule has 10 nitrogen and oxygen atoms in total. The van der Waals surface area contributed by atoms with Crippen LogP contribution in [0.2, 0.25) is 0 Å². The van der Waals surface area contributed by atoms with Crippen LogP contribution in [-0.2, 0) is 19.1 Å². The molecular formula is C31H31Br2ClN4O6S2. The summed E-state index contributed by atoms with van der Waals surface area (Å²) in [7, 11) is 2.60. The lowest BCUT2D eigenvalue weighted by Crippen LogP contribution is -2.15. The number of carbonyl (C=O) groups is 4. The fourth-order valence-corrected chi connectivity index (χ4v) is 6.36. The Bertz CT molecular complexity index is 1720. The molecule has 2 heterocycles. The maximum Gasteiger partial charge on any atom is 0.359 e. The number of thiazole rings is 2. The van der Waals surface area contributed by atoms with Crippen LogP contribution in [0.5, 0.6) is 0 Å². The molecule has 4 aromatic rings. The molecule has 1 amide bonds. The van der Waals surface area contributed by atoms with Gasteiger partial charge in [0.15, 0.2) is 11.4 Å². The number of halogens is 3. The normalized spacial score (nSPS) is 13.1. The summed E-state index contributed by atoms with van der Waals surface area (Å²) >= 11 is 14.4. The number of nitrogens with two attached hydrogens (primary N) is 1. The van der Waals surface area contributed by atoms with E-state index in [9.17, 15) is 19.2 Å². The van der Waals surface area contributed by atoms with Crippen molar-refractivity contribution in [2.45, 2.75) is 33.1 Å². The molecule has 244 valence electrons. The van der Waals surface area contributed by atoms with Crippen molar-refractivity contribution < 1.29 is 28.7 Å². The van der Waals surface area contributed by atoms with Gasteiger partial charge in [-0.15, -0.1) is 0 Å². The first-order chi connectivity index (χ1) is 21.5. The largest absolute Gasteiger partial charge is 0.464 e. The number of anilines is 2. The van der Waals surface area contributed by atoms with Crippen LogP contribution in [0.25, 0.3) is 21.1 Å². The van der Waals surface area contributed by atoms with Crippen LogP contribution in [0.1, 0.15) is 54.1 Å². The number of hydrogen-bond acceptors (Lipinski definition) is 11. The van der Waals surface area contributed by atoms with Crippen LogP contribution in [0, 0.1) is 11.8 Å². The second-order valence-electron chi connectivity index (χ2n) is 9.77. The van der Waals surface area contributed by atoms with Crippen molar-refractivity contribution in [3.8, 4) is 21.1 Å². The summed E-state index contributed by atoms with van der Waals surface area (Å²) in [6.45, 7) is 0. The molecule has 0 atom stereocenters. The number of nitrogen functional groups attached to an aromatic ring is 1. The van der Waals surface area contributed by atoms with E-state index >= 15 is 0 Å². The minimum Gasteiger partial charge on any atom is -0.464 e. The van der Waals surface area contributed by atoms with Crippen LogP contribution in [-0.4, -0.2) is 47.3 Å². The third-order valence-corrected chi connectivity index (χ3v) is 9.51. The summed E-state index contributed by atoms with van der Waals surface area (Å²) in [5.74, 6) is -0.841. The fourth-order valence-electron chi connectivity index (χ4n) is 3.57. The number of methoxy groups -OCH3 is 2. The van der Waals surface area contributed by atoms with Crippen LogP contribution in [0.3, 0.4) is 0 Å². The SMILES string of the molecule is C.COC(=O)c1nc(-c2cccc(Br)c2)sc1N.COC(=O)c1nc(-c2cccc(Br)c2)sc1NC(=O)C1CC1.O=C(Cl)C1CC1. The van der Waals surface area contributed by atoms with Crippen molar-refractivity contribution >= 4 is 99.2 Å². The highest BCUT2D eigenvalue weighted by atomic mass is 79.9. The molecule has 2 fully saturated rings. The summed E-state index contributed by atoms with van der Waals surface area (Å²) in [6, 6.07) is 15.2. The number of ether oxygens (including phenoxy) is 2. The Morgan fingerprint density at radius 2 is 1.30 bits per heavy atom. The van der Waals surface area contributed by atoms with Crippen molar-refractivity contribution in [1.29, 1.82) is 0 Å². The maximum atomic E-state index is 11.9. The number of amides is 1. The highest BCUT2D eigenvalue weighted by molar-refractivity contribution is 9.10. The molecule has 0 spiro atoms. The molecule has 15 heteroatoms. The summed E-state index contributed by atoms with van der Waals surface area (Å²) in [4.78, 5) is 53.7. The monoisotopic (exact) mass is 812 g/mol. The summed E-state index contributed by atoms with van der Waals surface area (Å²) in [5.41, 5.74) is 7.84. The van der Waals surface area contributed by atoms with Crippen molar-refractivity contribution in [2.24, 2.45) is 11.8 Å². The fraction of sp³-hybridized carbons (Fsp3) is 0.290. The predicted molar refractivity (Wildman–Crippen MR) is 189 cm³/mol. The number of carbonyl (C=O) groups excluding carboxylic acids is 4. The van der Waals surface area contributed by atoms with Gasteiger partial charge < -0.3 is 20.5 Å². The molecule has 0 unspecified atom stereocenters. The first kappa shape index (κ1) is 37.3. The summed E-state index contributed by atoms with van der Waals surface area (Å²) in [6.07, 6.45) is 3.83. The lowest BCUT2D eigenvalue weighted by molar-refractivity contribution is -0.117. The van der Waals surface area contributed by atoms with Gasteiger partial charge in [0.05, 0.1) is 14.2 Å². The van der Waals surface area contributed by atoms with Crippen molar-refractivity contribution in [3.05, 3.63) is 68.9 Å².